The van der Waals surface area contributed by atoms with Crippen molar-refractivity contribution in [2.75, 3.05) is 20.2 Å². The third-order valence-electron chi connectivity index (χ3n) is 11.6. The van der Waals surface area contributed by atoms with Crippen LogP contribution in [0.5, 0.6) is 0 Å². The van der Waals surface area contributed by atoms with E-state index in [1.807, 2.05) is 66.4 Å². The fourth-order valence-electron chi connectivity index (χ4n) is 8.44. The summed E-state index contributed by atoms with van der Waals surface area (Å²) in [6, 6.07) is 28.6. The van der Waals surface area contributed by atoms with E-state index >= 15 is 0 Å². The van der Waals surface area contributed by atoms with Crippen molar-refractivity contribution in [2.24, 2.45) is 5.92 Å². The Morgan fingerprint density at radius 2 is 1.27 bits per heavy atom. The average molecular weight is 793 g/mol. The number of H-pyrrole nitrogens is 2. The van der Waals surface area contributed by atoms with Crippen LogP contribution < -0.4 is 10.6 Å². The molecule has 0 radical (unpaired) electrons. The van der Waals surface area contributed by atoms with E-state index < -0.39 is 18.2 Å². The van der Waals surface area contributed by atoms with Crippen LogP contribution in [0, 0.1) is 5.92 Å². The number of imidazole rings is 2. The zero-order valence-electron chi connectivity index (χ0n) is 33.4. The minimum absolute atomic E-state index is 0.104. The summed E-state index contributed by atoms with van der Waals surface area (Å²) in [5.74, 6) is 1.07. The molecule has 2 aliphatic heterocycles. The first kappa shape index (κ1) is 39.1. The SMILES string of the molecule is COC(=O)N[C@H](C(=O)N1CCC[C@H]1c1ncc(-c2ccc(-c3ccc4cc(-c5cnc([C@@H]6CCCN6C(=O)[C@H](NC=O)c6ccccc6)[nH]5)ccc4c3)cc2)[nH]1)C(C)C. The van der Waals surface area contributed by atoms with Crippen LogP contribution in [-0.4, -0.2) is 80.3 Å². The number of fused-ring (bicyclic) bond motifs is 1. The Balaban J connectivity index is 0.943. The van der Waals surface area contributed by atoms with Gasteiger partial charge in [-0.3, -0.25) is 14.4 Å². The molecule has 59 heavy (non-hydrogen) atoms. The number of carbonyl (C=O) groups is 4. The Kier molecular flexibility index (Phi) is 11.3. The van der Waals surface area contributed by atoms with Crippen LogP contribution in [0.3, 0.4) is 0 Å². The van der Waals surface area contributed by atoms with Crippen molar-refractivity contribution < 1.29 is 23.9 Å². The van der Waals surface area contributed by atoms with Gasteiger partial charge in [0.25, 0.3) is 0 Å². The van der Waals surface area contributed by atoms with Crippen LogP contribution >= 0.6 is 0 Å². The molecule has 4 aromatic carbocycles. The number of benzene rings is 4. The summed E-state index contributed by atoms with van der Waals surface area (Å²) in [5.41, 5.74) is 6.63. The van der Waals surface area contributed by atoms with Crippen LogP contribution in [0.2, 0.25) is 0 Å². The van der Waals surface area contributed by atoms with Crippen LogP contribution in [0.15, 0.2) is 103 Å². The lowest BCUT2D eigenvalue weighted by Crippen LogP contribution is -2.51. The highest BCUT2D eigenvalue weighted by Crippen LogP contribution is 2.36. The van der Waals surface area contributed by atoms with Crippen molar-refractivity contribution in [3.63, 3.8) is 0 Å². The van der Waals surface area contributed by atoms with Crippen LogP contribution in [0.4, 0.5) is 4.79 Å². The summed E-state index contributed by atoms with van der Waals surface area (Å²) in [6.07, 6.45) is 6.86. The number of aromatic amines is 2. The van der Waals surface area contributed by atoms with Crippen molar-refractivity contribution in [3.05, 3.63) is 121 Å². The quantitative estimate of drug-likeness (QED) is 0.0933. The lowest BCUT2D eigenvalue weighted by molar-refractivity contribution is -0.136. The number of hydrogen-bond acceptors (Lipinski definition) is 7. The summed E-state index contributed by atoms with van der Waals surface area (Å²) in [4.78, 5) is 70.7. The smallest absolute Gasteiger partial charge is 0.407 e. The molecule has 2 aliphatic rings. The molecule has 0 bridgehead atoms. The summed E-state index contributed by atoms with van der Waals surface area (Å²) in [7, 11) is 1.29. The van der Waals surface area contributed by atoms with Crippen molar-refractivity contribution >= 4 is 35.1 Å². The third kappa shape index (κ3) is 8.05. The molecule has 2 saturated heterocycles. The molecular formula is C46H48N8O5. The molecule has 6 aromatic rings. The maximum absolute atomic E-state index is 13.7. The van der Waals surface area contributed by atoms with E-state index in [0.29, 0.717) is 19.5 Å². The van der Waals surface area contributed by atoms with Gasteiger partial charge in [-0.05, 0) is 76.8 Å². The average Bonchev–Trinajstić information content (AvgIpc) is 4.11. The van der Waals surface area contributed by atoms with E-state index in [4.69, 9.17) is 14.7 Å². The number of nitrogens with zero attached hydrogens (tertiary/aromatic N) is 4. The van der Waals surface area contributed by atoms with Crippen LogP contribution in [0.25, 0.3) is 44.4 Å². The highest BCUT2D eigenvalue weighted by atomic mass is 16.5. The zero-order chi connectivity index (χ0) is 41.0. The molecule has 8 rings (SSSR count). The number of nitrogens with one attached hydrogen (secondary N) is 4. The minimum atomic E-state index is -0.756. The van der Waals surface area contributed by atoms with Crippen molar-refractivity contribution in [3.8, 4) is 33.6 Å². The molecule has 4 atom stereocenters. The maximum atomic E-state index is 13.7. The summed E-state index contributed by atoms with van der Waals surface area (Å²) in [5, 5.41) is 7.61. The van der Waals surface area contributed by atoms with E-state index in [1.165, 1.54) is 7.11 Å². The Labute approximate surface area is 342 Å². The number of methoxy groups -OCH3 is 1. The number of alkyl carbamates (subject to hydrolysis) is 1. The molecular weight excluding hydrogens is 745 g/mol. The predicted octanol–water partition coefficient (Wildman–Crippen LogP) is 7.48. The molecule has 302 valence electrons. The van der Waals surface area contributed by atoms with Crippen LogP contribution in [0.1, 0.15) is 74.9 Å². The van der Waals surface area contributed by atoms with E-state index in [1.54, 1.807) is 0 Å². The Morgan fingerprint density at radius 3 is 1.86 bits per heavy atom. The molecule has 4 N–H and O–H groups in total. The van der Waals surface area contributed by atoms with Crippen molar-refractivity contribution in [1.29, 1.82) is 0 Å². The van der Waals surface area contributed by atoms with Gasteiger partial charge in [-0.1, -0.05) is 92.7 Å². The van der Waals surface area contributed by atoms with E-state index in [0.717, 1.165) is 87.3 Å². The first-order chi connectivity index (χ1) is 28.7. The molecule has 0 aliphatic carbocycles. The summed E-state index contributed by atoms with van der Waals surface area (Å²) < 4.78 is 4.76. The molecule has 2 fully saturated rings. The molecule has 0 saturated carbocycles. The number of aromatic nitrogens is 4. The standard InChI is InChI=1S/C46H48N8O5/c1-28(2)40(52-46(58)59-3)44(56)53-21-7-11-38(53)42-47-25-36(50-42)30-15-13-29(14-16-30)32-17-18-34-24-35(20-19-33(34)23-32)37-26-48-43(51-37)39-12-8-22-54(39)45(57)41(49-27-55)31-9-5-4-6-10-31/h4-6,9-10,13-20,23-28,38-41H,7-8,11-12,21-22H2,1-3H3,(H,47,50)(H,48,51)(H,49,55)(H,52,58)/t38-,39-,40-,41+/m0/s1. The first-order valence-electron chi connectivity index (χ1n) is 20.2. The lowest BCUT2D eigenvalue weighted by Gasteiger charge is -2.30. The van der Waals surface area contributed by atoms with E-state index in [9.17, 15) is 19.2 Å². The number of hydrogen-bond donors (Lipinski definition) is 4. The molecule has 4 heterocycles. The van der Waals surface area contributed by atoms with Gasteiger partial charge in [-0.15, -0.1) is 0 Å². The normalized spacial score (nSPS) is 17.6. The van der Waals surface area contributed by atoms with Crippen molar-refractivity contribution in [1.82, 2.24) is 40.4 Å². The second-order valence-corrected chi connectivity index (χ2v) is 15.6. The Bertz CT molecular complexity index is 2460. The first-order valence-corrected chi connectivity index (χ1v) is 20.2. The molecule has 13 heteroatoms. The third-order valence-corrected chi connectivity index (χ3v) is 11.6. The lowest BCUT2D eigenvalue weighted by atomic mass is 9.98. The zero-order valence-corrected chi connectivity index (χ0v) is 33.4. The van der Waals surface area contributed by atoms with Crippen LogP contribution in [-0.2, 0) is 19.1 Å². The van der Waals surface area contributed by atoms with Gasteiger partial charge in [-0.25, -0.2) is 14.8 Å². The van der Waals surface area contributed by atoms with E-state index in [-0.39, 0.29) is 29.8 Å². The Hall–Kier alpha value is -6.76. The Morgan fingerprint density at radius 1 is 0.729 bits per heavy atom. The molecule has 2 aromatic heterocycles. The van der Waals surface area contributed by atoms with Gasteiger partial charge in [0, 0.05) is 18.7 Å². The fourth-order valence-corrected chi connectivity index (χ4v) is 8.44. The number of likely N-dealkylation sites (tertiary alicyclic amines) is 2. The molecule has 13 nitrogen and oxygen atoms in total. The topological polar surface area (TPSA) is 165 Å². The van der Waals surface area contributed by atoms with Gasteiger partial charge in [0.15, 0.2) is 0 Å². The largest absolute Gasteiger partial charge is 0.453 e. The van der Waals surface area contributed by atoms with Gasteiger partial charge < -0.3 is 35.1 Å². The maximum Gasteiger partial charge on any atom is 0.407 e. The van der Waals surface area contributed by atoms with Gasteiger partial charge in [-0.2, -0.15) is 0 Å². The second kappa shape index (κ2) is 17.0. The second-order valence-electron chi connectivity index (χ2n) is 15.6. The van der Waals surface area contributed by atoms with Gasteiger partial charge in [0.1, 0.15) is 23.7 Å². The highest BCUT2D eigenvalue weighted by molar-refractivity contribution is 5.91. The molecule has 0 unspecified atom stereocenters. The van der Waals surface area contributed by atoms with Gasteiger partial charge >= 0.3 is 6.09 Å². The monoisotopic (exact) mass is 792 g/mol. The summed E-state index contributed by atoms with van der Waals surface area (Å²) >= 11 is 0. The number of amides is 4. The predicted molar refractivity (Wildman–Crippen MR) is 224 cm³/mol. The van der Waals surface area contributed by atoms with Crippen molar-refractivity contribution in [2.45, 2.75) is 63.7 Å². The fraction of sp³-hybridized carbons (Fsp3) is 0.304. The number of carbonyl (C=O) groups excluding carboxylic acids is 4. The van der Waals surface area contributed by atoms with Gasteiger partial charge in [0.05, 0.1) is 43.0 Å². The molecule has 4 amide bonds. The minimum Gasteiger partial charge on any atom is -0.453 e. The highest BCUT2D eigenvalue weighted by Gasteiger charge is 2.38. The number of ether oxygens (including phenoxy) is 1. The van der Waals surface area contributed by atoms with E-state index in [2.05, 4.69) is 81.3 Å². The van der Waals surface area contributed by atoms with Gasteiger partial charge in [0.2, 0.25) is 18.2 Å². The molecule has 0 spiro atoms. The number of rotatable bonds is 12. The summed E-state index contributed by atoms with van der Waals surface area (Å²) in [6.45, 7) is 5.00.